The zero-order valence-corrected chi connectivity index (χ0v) is 13.9. The van der Waals surface area contributed by atoms with Gasteiger partial charge in [-0.3, -0.25) is 6.08 Å². The Morgan fingerprint density at radius 3 is 2.05 bits per heavy atom. The van der Waals surface area contributed by atoms with E-state index in [1.807, 2.05) is 0 Å². The van der Waals surface area contributed by atoms with Crippen molar-refractivity contribution in [2.24, 2.45) is 5.92 Å². The summed E-state index contributed by atoms with van der Waals surface area (Å²) in [5.74, 6) is 2.28. The smallest absolute Gasteiger partial charge is 0.500 e. The third-order valence-electron chi connectivity index (χ3n) is 2.83. The molecular weight excluding hydrogens is 383 g/mol. The van der Waals surface area contributed by atoms with Crippen LogP contribution in [0.1, 0.15) is 32.1 Å². The van der Waals surface area contributed by atoms with Crippen molar-refractivity contribution in [2.75, 3.05) is 0 Å². The summed E-state index contributed by atoms with van der Waals surface area (Å²) in [6, 6.07) is 0. The van der Waals surface area contributed by atoms with Crippen molar-refractivity contribution in [1.29, 1.82) is 0 Å². The first-order valence-electron chi connectivity index (χ1n) is 6.50. The SMILES string of the molecule is C1=CC2C=C[C-]1C2.[C-]1=CCCC=CCC1.[O-][Cl+3]([O-])([O-])O.[Rh+2]. The molecule has 0 aliphatic heterocycles. The maximum absolute atomic E-state index is 8.60. The van der Waals surface area contributed by atoms with Gasteiger partial charge in [0, 0.05) is 0 Å². The van der Waals surface area contributed by atoms with Gasteiger partial charge in [0.15, 0.2) is 0 Å². The van der Waals surface area contributed by atoms with Gasteiger partial charge in [-0.25, -0.2) is 0 Å². The molecule has 0 saturated carbocycles. The average molecular weight is 402 g/mol. The summed E-state index contributed by atoms with van der Waals surface area (Å²) in [5.41, 5.74) is 0. The van der Waals surface area contributed by atoms with Crippen LogP contribution < -0.4 is 14.0 Å². The first-order chi connectivity index (χ1) is 9.45. The Morgan fingerprint density at radius 2 is 1.62 bits per heavy atom. The van der Waals surface area contributed by atoms with E-state index in [1.165, 1.54) is 31.6 Å². The molecule has 0 saturated heterocycles. The van der Waals surface area contributed by atoms with Gasteiger partial charge in [-0.05, 0) is 6.42 Å². The third-order valence-corrected chi connectivity index (χ3v) is 2.83. The Balaban J connectivity index is 0.000000287. The molecule has 1 N–H and O–H groups in total. The Morgan fingerprint density at radius 1 is 1.05 bits per heavy atom. The van der Waals surface area contributed by atoms with Crippen LogP contribution in [-0.2, 0) is 19.5 Å². The molecule has 3 aliphatic rings. The van der Waals surface area contributed by atoms with E-state index >= 15 is 0 Å². The molecule has 0 heterocycles. The van der Waals surface area contributed by atoms with Gasteiger partial charge < -0.3 is 6.08 Å². The molecule has 3 aliphatic carbocycles. The summed E-state index contributed by atoms with van der Waals surface area (Å²) >= 11 is 0. The molecule has 0 aromatic heterocycles. The normalized spacial score (nSPS) is 19.0. The van der Waals surface area contributed by atoms with Gasteiger partial charge in [0.1, 0.15) is 0 Å². The van der Waals surface area contributed by atoms with Gasteiger partial charge >= 0.3 is 19.5 Å². The van der Waals surface area contributed by atoms with E-state index in [-0.39, 0.29) is 19.5 Å². The molecule has 0 amide bonds. The second kappa shape index (κ2) is 11.2. The summed E-state index contributed by atoms with van der Waals surface area (Å²) < 4.78 is 32.7. The molecule has 0 fully saturated rings. The predicted octanol–water partition coefficient (Wildman–Crippen LogP) is 0.0563. The van der Waals surface area contributed by atoms with E-state index in [0.717, 1.165) is 12.3 Å². The van der Waals surface area contributed by atoms with Crippen LogP contribution in [-0.4, -0.2) is 4.66 Å². The van der Waals surface area contributed by atoms with Crippen molar-refractivity contribution in [3.8, 4) is 0 Å². The minimum Gasteiger partial charge on any atom is -0.500 e. The zero-order valence-electron chi connectivity index (χ0n) is 11.5. The summed E-state index contributed by atoms with van der Waals surface area (Å²) in [6.45, 7) is 0. The first-order valence-corrected chi connectivity index (χ1v) is 7.77. The minimum atomic E-state index is -4.69. The largest absolute Gasteiger partial charge is 2.00 e. The van der Waals surface area contributed by atoms with Crippen LogP contribution >= 0.6 is 0 Å². The Labute approximate surface area is 141 Å². The monoisotopic (exact) mass is 401 g/mol. The summed E-state index contributed by atoms with van der Waals surface area (Å²) in [6.07, 6.45) is 24.7. The van der Waals surface area contributed by atoms with Crippen molar-refractivity contribution in [3.63, 3.8) is 0 Å². The number of allylic oxidation sites excluding steroid dienone is 8. The van der Waals surface area contributed by atoms with E-state index in [0.29, 0.717) is 0 Å². The van der Waals surface area contributed by atoms with E-state index in [9.17, 15) is 0 Å². The maximum Gasteiger partial charge on any atom is 2.00 e. The van der Waals surface area contributed by atoms with Crippen molar-refractivity contribution in [1.82, 2.24) is 0 Å². The third kappa shape index (κ3) is 13.0. The molecule has 1 radical (unpaired) electrons. The van der Waals surface area contributed by atoms with E-state index in [2.05, 4.69) is 48.6 Å². The van der Waals surface area contributed by atoms with Gasteiger partial charge in [-0.15, -0.1) is 5.92 Å². The molecule has 119 valence electrons. The van der Waals surface area contributed by atoms with Gasteiger partial charge in [-0.2, -0.15) is 50.6 Å². The predicted molar refractivity (Wildman–Crippen MR) is 67.3 cm³/mol. The molecule has 0 unspecified atom stereocenters. The molecule has 6 heteroatoms. The summed E-state index contributed by atoms with van der Waals surface area (Å²) in [4.78, 5) is 0. The van der Waals surface area contributed by atoms with Gasteiger partial charge in [0.05, 0.1) is 14.9 Å². The fourth-order valence-electron chi connectivity index (χ4n) is 1.94. The van der Waals surface area contributed by atoms with E-state index in [1.54, 1.807) is 0 Å². The van der Waals surface area contributed by atoms with Crippen LogP contribution in [0.3, 0.4) is 0 Å². The second-order valence-corrected chi connectivity index (χ2v) is 5.34. The van der Waals surface area contributed by atoms with Gasteiger partial charge in [-0.1, -0.05) is 31.4 Å². The van der Waals surface area contributed by atoms with Gasteiger partial charge in [0.2, 0.25) is 0 Å². The Kier molecular flexibility index (Phi) is 11.0. The topological polar surface area (TPSA) is 89.4 Å². The van der Waals surface area contributed by atoms with E-state index < -0.39 is 10.2 Å². The summed E-state index contributed by atoms with van der Waals surface area (Å²) in [7, 11) is -4.69. The van der Waals surface area contributed by atoms with E-state index in [4.69, 9.17) is 18.6 Å². The molecule has 2 bridgehead atoms. The van der Waals surface area contributed by atoms with Crippen LogP contribution in [0.4, 0.5) is 0 Å². The summed E-state index contributed by atoms with van der Waals surface area (Å²) in [5, 5.41) is 0. The van der Waals surface area contributed by atoms with Crippen LogP contribution in [0.15, 0.2) is 42.5 Å². The van der Waals surface area contributed by atoms with Crippen LogP contribution in [0.25, 0.3) is 0 Å². The molecule has 0 aromatic carbocycles. The molecule has 3 rings (SSSR count). The zero-order chi connectivity index (χ0) is 14.8. The number of fused-ring (bicyclic) bond motifs is 2. The van der Waals surface area contributed by atoms with Crippen LogP contribution in [0.5, 0.6) is 0 Å². The Bertz CT molecular complexity index is 326. The number of hydrogen-bond donors (Lipinski definition) is 1. The number of hydrogen-bond acceptors (Lipinski definition) is 4. The van der Waals surface area contributed by atoms with Crippen molar-refractivity contribution in [2.45, 2.75) is 32.1 Å². The minimum absolute atomic E-state index is 0. The number of halogens is 1. The molecule has 4 nitrogen and oxygen atoms in total. The van der Waals surface area contributed by atoms with Crippen molar-refractivity contribution < 1.29 is 48.4 Å². The van der Waals surface area contributed by atoms with Crippen LogP contribution in [0, 0.1) is 28.2 Å². The van der Waals surface area contributed by atoms with Crippen molar-refractivity contribution in [3.05, 3.63) is 54.5 Å². The molecule has 21 heavy (non-hydrogen) atoms. The van der Waals surface area contributed by atoms with Gasteiger partial charge in [0.25, 0.3) is 0 Å². The number of rotatable bonds is 0. The fraction of sp³-hybridized carbons (Fsp3) is 0.400. The molecular formula is C15H19ClO4Rh. The second-order valence-electron chi connectivity index (χ2n) is 4.55. The maximum atomic E-state index is 8.60. The fourth-order valence-corrected chi connectivity index (χ4v) is 1.94. The molecule has 0 aromatic rings. The van der Waals surface area contributed by atoms with Crippen molar-refractivity contribution >= 4 is 0 Å². The molecule has 0 spiro atoms. The molecule has 0 atom stereocenters. The average Bonchev–Trinajstić information content (AvgIpc) is 2.90. The standard InChI is InChI=1S/C8H11.C7H7.ClHO4.Rh/c1-2-4-6-8-7-5-3-1;1-2-7-4-3-6(1)5-7;2-1(3,4)5;/h1-2,7H,3-6H2;1-4,6H,5H2;(H,2,3,4,5);/q2*-1;;+2. The van der Waals surface area contributed by atoms with Crippen LogP contribution in [0.2, 0.25) is 0 Å². The first kappa shape index (κ1) is 20.6. The Hall–Kier alpha value is -0.417. The quantitative estimate of drug-likeness (QED) is 0.353.